The Morgan fingerprint density at radius 3 is 2.61 bits per heavy atom. The fourth-order valence-electron chi connectivity index (χ4n) is 3.14. The Bertz CT molecular complexity index is 372. The monoisotopic (exact) mass is 262 g/mol. The average molecular weight is 262 g/mol. The summed E-state index contributed by atoms with van der Waals surface area (Å²) >= 11 is 2.01. The molecule has 0 radical (unpaired) electrons. The zero-order chi connectivity index (χ0) is 12.4. The normalized spacial score (nSPS) is 29.4. The largest absolute Gasteiger partial charge is 0.392 e. The van der Waals surface area contributed by atoms with E-state index in [1.54, 1.807) is 0 Å². The van der Waals surface area contributed by atoms with E-state index in [0.29, 0.717) is 11.8 Å². The van der Waals surface area contributed by atoms with E-state index in [-0.39, 0.29) is 6.10 Å². The van der Waals surface area contributed by atoms with Gasteiger partial charge in [0.1, 0.15) is 0 Å². The van der Waals surface area contributed by atoms with Crippen molar-refractivity contribution in [3.05, 3.63) is 35.9 Å². The van der Waals surface area contributed by atoms with Crippen molar-refractivity contribution < 1.29 is 5.11 Å². The third-order valence-electron chi connectivity index (χ3n) is 4.37. The van der Waals surface area contributed by atoms with Crippen LogP contribution in [-0.2, 0) is 0 Å². The zero-order valence-electron chi connectivity index (χ0n) is 10.8. The first kappa shape index (κ1) is 12.6. The van der Waals surface area contributed by atoms with E-state index < -0.39 is 0 Å². The highest BCUT2D eigenvalue weighted by molar-refractivity contribution is 7.99. The summed E-state index contributed by atoms with van der Waals surface area (Å²) in [6.45, 7) is 0. The molecule has 2 saturated carbocycles. The standard InChI is InChI=1S/C16H22OS/c17-16(11-18-13-8-4-5-9-13)15-10-14(15)12-6-2-1-3-7-12/h1-3,6-7,13-17H,4-5,8-11H2. The predicted octanol–water partition coefficient (Wildman–Crippen LogP) is 3.83. The number of aliphatic hydroxyl groups is 1. The van der Waals surface area contributed by atoms with Gasteiger partial charge in [-0.2, -0.15) is 11.8 Å². The van der Waals surface area contributed by atoms with Gasteiger partial charge in [0.2, 0.25) is 0 Å². The fourth-order valence-corrected chi connectivity index (χ4v) is 4.52. The van der Waals surface area contributed by atoms with Crippen molar-refractivity contribution >= 4 is 11.8 Å². The summed E-state index contributed by atoms with van der Waals surface area (Å²) in [7, 11) is 0. The molecule has 0 heterocycles. The Hall–Kier alpha value is -0.470. The molecule has 2 aliphatic rings. The summed E-state index contributed by atoms with van der Waals surface area (Å²) in [6, 6.07) is 10.7. The van der Waals surface area contributed by atoms with Crippen LogP contribution in [0.5, 0.6) is 0 Å². The fraction of sp³-hybridized carbons (Fsp3) is 0.625. The van der Waals surface area contributed by atoms with E-state index in [2.05, 4.69) is 30.3 Å². The van der Waals surface area contributed by atoms with Crippen molar-refractivity contribution in [1.82, 2.24) is 0 Å². The van der Waals surface area contributed by atoms with Crippen LogP contribution in [0.25, 0.3) is 0 Å². The smallest absolute Gasteiger partial charge is 0.0664 e. The summed E-state index contributed by atoms with van der Waals surface area (Å²) in [5.74, 6) is 2.07. The van der Waals surface area contributed by atoms with E-state index in [9.17, 15) is 5.11 Å². The van der Waals surface area contributed by atoms with Crippen molar-refractivity contribution in [2.45, 2.75) is 49.4 Å². The molecular formula is C16H22OS. The molecule has 1 aromatic carbocycles. The number of benzene rings is 1. The summed E-state index contributed by atoms with van der Waals surface area (Å²) in [6.07, 6.45) is 6.60. The van der Waals surface area contributed by atoms with E-state index in [4.69, 9.17) is 0 Å². The van der Waals surface area contributed by atoms with Gasteiger partial charge in [0.05, 0.1) is 6.10 Å². The van der Waals surface area contributed by atoms with Crippen LogP contribution in [0, 0.1) is 5.92 Å². The number of hydrogen-bond donors (Lipinski definition) is 1. The lowest BCUT2D eigenvalue weighted by Gasteiger charge is -2.13. The van der Waals surface area contributed by atoms with Crippen LogP contribution in [0.2, 0.25) is 0 Å². The molecular weight excluding hydrogens is 240 g/mol. The Morgan fingerprint density at radius 2 is 1.89 bits per heavy atom. The van der Waals surface area contributed by atoms with Crippen molar-refractivity contribution in [1.29, 1.82) is 0 Å². The SMILES string of the molecule is OC(CSC1CCCC1)C1CC1c1ccccc1. The Kier molecular flexibility index (Phi) is 3.95. The molecule has 0 bridgehead atoms. The first-order valence-electron chi connectivity index (χ1n) is 7.19. The lowest BCUT2D eigenvalue weighted by molar-refractivity contribution is 0.173. The average Bonchev–Trinajstić information content (AvgIpc) is 3.05. The van der Waals surface area contributed by atoms with Gasteiger partial charge in [0.15, 0.2) is 0 Å². The van der Waals surface area contributed by atoms with Crippen molar-refractivity contribution in [3.8, 4) is 0 Å². The van der Waals surface area contributed by atoms with E-state index in [1.165, 1.54) is 37.7 Å². The van der Waals surface area contributed by atoms with E-state index in [0.717, 1.165) is 11.0 Å². The number of hydrogen-bond acceptors (Lipinski definition) is 2. The van der Waals surface area contributed by atoms with E-state index in [1.807, 2.05) is 11.8 Å². The molecule has 1 nitrogen and oxygen atoms in total. The molecule has 0 aromatic heterocycles. The van der Waals surface area contributed by atoms with Gasteiger partial charge >= 0.3 is 0 Å². The number of aliphatic hydroxyl groups excluding tert-OH is 1. The molecule has 0 spiro atoms. The molecule has 2 aliphatic carbocycles. The van der Waals surface area contributed by atoms with Gasteiger partial charge in [0.25, 0.3) is 0 Å². The molecule has 18 heavy (non-hydrogen) atoms. The molecule has 2 heteroatoms. The van der Waals surface area contributed by atoms with Crippen LogP contribution in [-0.4, -0.2) is 22.2 Å². The Balaban J connectivity index is 1.45. The van der Waals surface area contributed by atoms with Gasteiger partial charge in [0, 0.05) is 11.0 Å². The molecule has 1 aromatic rings. The minimum absolute atomic E-state index is 0.0965. The lowest BCUT2D eigenvalue weighted by Crippen LogP contribution is -2.15. The summed E-state index contributed by atoms with van der Waals surface area (Å²) in [5, 5.41) is 11.1. The quantitative estimate of drug-likeness (QED) is 0.870. The van der Waals surface area contributed by atoms with Crippen LogP contribution in [0.4, 0.5) is 0 Å². The lowest BCUT2D eigenvalue weighted by atomic mass is 10.1. The highest BCUT2D eigenvalue weighted by Crippen LogP contribution is 2.50. The second kappa shape index (κ2) is 5.66. The van der Waals surface area contributed by atoms with Gasteiger partial charge in [-0.25, -0.2) is 0 Å². The van der Waals surface area contributed by atoms with Crippen molar-refractivity contribution in [2.75, 3.05) is 5.75 Å². The van der Waals surface area contributed by atoms with Crippen molar-refractivity contribution in [3.63, 3.8) is 0 Å². The van der Waals surface area contributed by atoms with Gasteiger partial charge in [-0.15, -0.1) is 0 Å². The zero-order valence-corrected chi connectivity index (χ0v) is 11.6. The molecule has 98 valence electrons. The molecule has 0 saturated heterocycles. The van der Waals surface area contributed by atoms with Crippen LogP contribution < -0.4 is 0 Å². The van der Waals surface area contributed by atoms with Gasteiger partial charge < -0.3 is 5.11 Å². The molecule has 0 aliphatic heterocycles. The van der Waals surface area contributed by atoms with Gasteiger partial charge in [-0.3, -0.25) is 0 Å². The third-order valence-corrected chi connectivity index (χ3v) is 5.84. The van der Waals surface area contributed by atoms with Crippen LogP contribution >= 0.6 is 11.8 Å². The van der Waals surface area contributed by atoms with Crippen LogP contribution in [0.15, 0.2) is 30.3 Å². The van der Waals surface area contributed by atoms with Crippen LogP contribution in [0.1, 0.15) is 43.6 Å². The second-order valence-electron chi connectivity index (χ2n) is 5.72. The molecule has 0 amide bonds. The van der Waals surface area contributed by atoms with Crippen molar-refractivity contribution in [2.24, 2.45) is 5.92 Å². The minimum atomic E-state index is -0.0965. The third kappa shape index (κ3) is 2.92. The first-order chi connectivity index (χ1) is 8.84. The number of rotatable bonds is 5. The maximum atomic E-state index is 10.3. The minimum Gasteiger partial charge on any atom is -0.392 e. The molecule has 3 unspecified atom stereocenters. The van der Waals surface area contributed by atoms with Gasteiger partial charge in [-0.05, 0) is 36.7 Å². The summed E-state index contributed by atoms with van der Waals surface area (Å²) in [5.41, 5.74) is 1.41. The molecule has 3 rings (SSSR count). The maximum Gasteiger partial charge on any atom is 0.0664 e. The van der Waals surface area contributed by atoms with Crippen LogP contribution in [0.3, 0.4) is 0 Å². The molecule has 1 N–H and O–H groups in total. The predicted molar refractivity (Wildman–Crippen MR) is 78.0 cm³/mol. The molecule has 2 fully saturated rings. The topological polar surface area (TPSA) is 20.2 Å². The van der Waals surface area contributed by atoms with Gasteiger partial charge in [-0.1, -0.05) is 43.2 Å². The van der Waals surface area contributed by atoms with E-state index >= 15 is 0 Å². The highest BCUT2D eigenvalue weighted by atomic mass is 32.2. The summed E-state index contributed by atoms with van der Waals surface area (Å²) < 4.78 is 0. The highest BCUT2D eigenvalue weighted by Gasteiger charge is 2.43. The Morgan fingerprint density at radius 1 is 1.17 bits per heavy atom. The Labute approximate surface area is 114 Å². The summed E-state index contributed by atoms with van der Waals surface area (Å²) in [4.78, 5) is 0. The second-order valence-corrected chi connectivity index (χ2v) is 7.06. The first-order valence-corrected chi connectivity index (χ1v) is 8.24. The number of thioether (sulfide) groups is 1. The maximum absolute atomic E-state index is 10.3. The molecule has 3 atom stereocenters.